The number of pyridine rings is 1. The molecule has 7 nitrogen and oxygen atoms in total. The van der Waals surface area contributed by atoms with Gasteiger partial charge in [-0.25, -0.2) is 4.98 Å². The molecule has 0 aliphatic carbocycles. The summed E-state index contributed by atoms with van der Waals surface area (Å²) >= 11 is 0. The fraction of sp³-hybridized carbons (Fsp3) is 0.440. The number of nitrogens with zero attached hydrogens (tertiary/aromatic N) is 4. The summed E-state index contributed by atoms with van der Waals surface area (Å²) in [5.41, 5.74) is 6.86. The van der Waals surface area contributed by atoms with Gasteiger partial charge in [0.05, 0.1) is 11.9 Å². The maximum absolute atomic E-state index is 6.33. The van der Waals surface area contributed by atoms with E-state index in [4.69, 9.17) is 4.74 Å². The number of hydrogen-bond acceptors (Lipinski definition) is 6. The minimum Gasteiger partial charge on any atom is -0.486 e. The average Bonchev–Trinajstić information content (AvgIpc) is 3.09. The lowest BCUT2D eigenvalue weighted by Gasteiger charge is -2.46. The van der Waals surface area contributed by atoms with Crippen LogP contribution >= 0.6 is 0 Å². The largest absolute Gasteiger partial charge is 0.486 e. The number of rotatable bonds is 3. The molecule has 5 heterocycles. The second-order valence-electron chi connectivity index (χ2n) is 9.35. The third kappa shape index (κ3) is 3.45. The molecule has 0 bridgehead atoms. The molecule has 2 saturated heterocycles. The van der Waals surface area contributed by atoms with Crippen molar-refractivity contribution in [1.29, 1.82) is 0 Å². The molecule has 0 spiro atoms. The van der Waals surface area contributed by atoms with Crippen LogP contribution in [0.3, 0.4) is 0 Å². The molecule has 2 aromatic heterocycles. The lowest BCUT2D eigenvalue weighted by atomic mass is 9.87. The molecule has 166 valence electrons. The highest BCUT2D eigenvalue weighted by molar-refractivity contribution is 5.77. The Labute approximate surface area is 188 Å². The number of benzene rings is 1. The molecule has 32 heavy (non-hydrogen) atoms. The van der Waals surface area contributed by atoms with Gasteiger partial charge in [-0.1, -0.05) is 6.07 Å². The van der Waals surface area contributed by atoms with Gasteiger partial charge in [0.25, 0.3) is 0 Å². The topological polar surface area (TPSA) is 67.2 Å². The molecule has 0 amide bonds. The van der Waals surface area contributed by atoms with Gasteiger partial charge in [0.2, 0.25) is 0 Å². The van der Waals surface area contributed by atoms with Gasteiger partial charge in [-0.15, -0.1) is 0 Å². The van der Waals surface area contributed by atoms with E-state index in [2.05, 4.69) is 44.7 Å². The monoisotopic (exact) mass is 430 g/mol. The molecule has 1 aromatic carbocycles. The lowest BCUT2D eigenvalue weighted by Crippen LogP contribution is -2.53. The van der Waals surface area contributed by atoms with Gasteiger partial charge in [0.15, 0.2) is 0 Å². The zero-order valence-electron chi connectivity index (χ0n) is 18.8. The number of nitrogens with one attached hydrogen (secondary N) is 2. The van der Waals surface area contributed by atoms with Gasteiger partial charge in [-0.2, -0.15) is 5.10 Å². The first kappa shape index (κ1) is 19.8. The Kier molecular flexibility index (Phi) is 4.88. The van der Waals surface area contributed by atoms with Crippen molar-refractivity contribution < 1.29 is 4.74 Å². The van der Waals surface area contributed by atoms with Crippen LogP contribution in [0.1, 0.15) is 35.4 Å². The number of aromatic nitrogens is 3. The van der Waals surface area contributed by atoms with E-state index in [0.29, 0.717) is 12.5 Å². The Hall–Kier alpha value is -2.90. The van der Waals surface area contributed by atoms with E-state index in [1.807, 2.05) is 36.4 Å². The lowest BCUT2D eigenvalue weighted by molar-refractivity contribution is 0.0729. The molecule has 2 fully saturated rings. The zero-order chi connectivity index (χ0) is 21.7. The summed E-state index contributed by atoms with van der Waals surface area (Å²) < 4.78 is 8.15. The standard InChI is InChI=1S/C25H30N6O/c1-16-9-17(19-13-31(14-19)20-3-6-26-7-4-20)10-23-24(16)32-15-22-21(5-8-27-25(22)29-23)18-11-28-30(2)12-18/h5,8-12,19-20,26H,3-4,6-7,13-15H2,1-2H3,(H,27,29). The predicted molar refractivity (Wildman–Crippen MR) is 125 cm³/mol. The molecule has 3 aliphatic heterocycles. The molecule has 0 radical (unpaired) electrons. The second-order valence-corrected chi connectivity index (χ2v) is 9.35. The predicted octanol–water partition coefficient (Wildman–Crippen LogP) is 3.58. The summed E-state index contributed by atoms with van der Waals surface area (Å²) in [6.45, 7) is 7.25. The summed E-state index contributed by atoms with van der Waals surface area (Å²) in [6.07, 6.45) is 8.32. The van der Waals surface area contributed by atoms with E-state index < -0.39 is 0 Å². The third-order valence-corrected chi connectivity index (χ3v) is 7.19. The maximum Gasteiger partial charge on any atom is 0.146 e. The number of likely N-dealkylation sites (tertiary alicyclic amines) is 1. The quantitative estimate of drug-likeness (QED) is 0.662. The van der Waals surface area contributed by atoms with Crippen LogP contribution in [0.25, 0.3) is 11.1 Å². The normalized spacial score (nSPS) is 19.3. The summed E-state index contributed by atoms with van der Waals surface area (Å²) in [5, 5.41) is 11.4. The number of piperidine rings is 1. The summed E-state index contributed by atoms with van der Waals surface area (Å²) in [7, 11) is 1.94. The summed E-state index contributed by atoms with van der Waals surface area (Å²) in [6, 6.07) is 7.38. The van der Waals surface area contributed by atoms with E-state index in [9.17, 15) is 0 Å². The molecule has 3 aliphatic rings. The third-order valence-electron chi connectivity index (χ3n) is 7.19. The fourth-order valence-corrected chi connectivity index (χ4v) is 5.36. The summed E-state index contributed by atoms with van der Waals surface area (Å²) in [5.74, 6) is 2.39. The van der Waals surface area contributed by atoms with E-state index in [1.165, 1.54) is 24.0 Å². The van der Waals surface area contributed by atoms with E-state index >= 15 is 0 Å². The highest BCUT2D eigenvalue weighted by atomic mass is 16.5. The van der Waals surface area contributed by atoms with Crippen LogP contribution < -0.4 is 15.4 Å². The minimum atomic E-state index is 0.487. The van der Waals surface area contributed by atoms with Crippen LogP contribution in [0.4, 0.5) is 11.5 Å². The van der Waals surface area contributed by atoms with Crippen LogP contribution in [0, 0.1) is 6.92 Å². The smallest absolute Gasteiger partial charge is 0.146 e. The first-order valence-corrected chi connectivity index (χ1v) is 11.6. The van der Waals surface area contributed by atoms with E-state index in [1.54, 1.807) is 0 Å². The van der Waals surface area contributed by atoms with Crippen LogP contribution in [0.2, 0.25) is 0 Å². The van der Waals surface area contributed by atoms with Crippen molar-refractivity contribution >= 4 is 11.5 Å². The Morgan fingerprint density at radius 2 is 2.00 bits per heavy atom. The SMILES string of the molecule is Cc1cc(C2CN(C3CCNCC3)C2)cc2c1OCc1c(-c3cnn(C)c3)ccnc1N2. The van der Waals surface area contributed by atoms with Crippen LogP contribution in [-0.4, -0.2) is 51.9 Å². The molecule has 7 heteroatoms. The molecular weight excluding hydrogens is 400 g/mol. The van der Waals surface area contributed by atoms with Gasteiger partial charge < -0.3 is 15.4 Å². The van der Waals surface area contributed by atoms with Gasteiger partial charge in [-0.3, -0.25) is 9.58 Å². The highest BCUT2D eigenvalue weighted by Gasteiger charge is 2.34. The minimum absolute atomic E-state index is 0.487. The van der Waals surface area contributed by atoms with Crippen molar-refractivity contribution in [3.8, 4) is 16.9 Å². The van der Waals surface area contributed by atoms with Gasteiger partial charge >= 0.3 is 0 Å². The van der Waals surface area contributed by atoms with Crippen molar-refractivity contribution in [3.05, 3.63) is 53.5 Å². The number of fused-ring (bicyclic) bond motifs is 2. The first-order valence-electron chi connectivity index (χ1n) is 11.6. The molecule has 6 rings (SSSR count). The molecule has 0 saturated carbocycles. The number of hydrogen-bond donors (Lipinski definition) is 2. The molecule has 0 unspecified atom stereocenters. The van der Waals surface area contributed by atoms with E-state index in [0.717, 1.165) is 66.2 Å². The Bertz CT molecular complexity index is 1140. The van der Waals surface area contributed by atoms with Crippen LogP contribution in [0.5, 0.6) is 5.75 Å². The van der Waals surface area contributed by atoms with Crippen molar-refractivity contribution in [1.82, 2.24) is 25.0 Å². The molecule has 3 aromatic rings. The molecular formula is C25H30N6O. The van der Waals surface area contributed by atoms with Crippen molar-refractivity contribution in [3.63, 3.8) is 0 Å². The Morgan fingerprint density at radius 1 is 1.16 bits per heavy atom. The molecule has 0 atom stereocenters. The van der Waals surface area contributed by atoms with Gasteiger partial charge in [0, 0.05) is 55.6 Å². The van der Waals surface area contributed by atoms with Crippen molar-refractivity contribution in [2.45, 2.75) is 38.3 Å². The van der Waals surface area contributed by atoms with Crippen molar-refractivity contribution in [2.75, 3.05) is 31.5 Å². The second kappa shape index (κ2) is 7.90. The number of ether oxygens (including phenoxy) is 1. The van der Waals surface area contributed by atoms with Gasteiger partial charge in [-0.05, 0) is 61.7 Å². The Balaban J connectivity index is 1.26. The fourth-order valence-electron chi connectivity index (χ4n) is 5.36. The highest BCUT2D eigenvalue weighted by Crippen LogP contribution is 2.42. The summed E-state index contributed by atoms with van der Waals surface area (Å²) in [4.78, 5) is 7.31. The van der Waals surface area contributed by atoms with Gasteiger partial charge in [0.1, 0.15) is 18.2 Å². The van der Waals surface area contributed by atoms with Crippen LogP contribution in [-0.2, 0) is 13.7 Å². The average molecular weight is 431 g/mol. The maximum atomic E-state index is 6.33. The molecule has 2 N–H and O–H groups in total. The van der Waals surface area contributed by atoms with Crippen LogP contribution in [0.15, 0.2) is 36.8 Å². The Morgan fingerprint density at radius 3 is 2.78 bits per heavy atom. The van der Waals surface area contributed by atoms with E-state index in [-0.39, 0.29) is 0 Å². The van der Waals surface area contributed by atoms with Crippen molar-refractivity contribution in [2.24, 2.45) is 7.05 Å². The zero-order valence-corrected chi connectivity index (χ0v) is 18.8. The number of aryl methyl sites for hydroxylation is 2. The first-order chi connectivity index (χ1) is 15.7. The number of anilines is 2.